The molecule has 68 valence electrons. The fourth-order valence-corrected chi connectivity index (χ4v) is 0.925. The van der Waals surface area contributed by atoms with Gasteiger partial charge in [0.25, 0.3) is 10.2 Å². The number of carbonyl (C=O) groups excluding carboxylic acids is 1. The average molecular weight is 199 g/mol. The fourth-order valence-electron chi connectivity index (χ4n) is 0.796. The van der Waals surface area contributed by atoms with Gasteiger partial charge in [0, 0.05) is 17.8 Å². The van der Waals surface area contributed by atoms with Crippen molar-refractivity contribution in [3.8, 4) is 0 Å². The Bertz CT molecular complexity index is 336. The van der Waals surface area contributed by atoms with E-state index in [4.69, 9.17) is 5.21 Å². The molecular formula is C7H7N2O3S+. The van der Waals surface area contributed by atoms with Gasteiger partial charge < -0.3 is 5.32 Å². The van der Waals surface area contributed by atoms with Crippen molar-refractivity contribution in [2.45, 2.75) is 0 Å². The van der Waals surface area contributed by atoms with E-state index in [1.807, 2.05) is 0 Å². The molecule has 0 bridgehead atoms. The third-order valence-electron chi connectivity index (χ3n) is 1.34. The van der Waals surface area contributed by atoms with Crippen LogP contribution < -0.4 is 5.32 Å². The lowest BCUT2D eigenvalue weighted by Crippen LogP contribution is -2.01. The van der Waals surface area contributed by atoms with E-state index in [0.29, 0.717) is 5.69 Å². The lowest BCUT2D eigenvalue weighted by molar-refractivity contribution is -0.729. The lowest BCUT2D eigenvalue weighted by atomic mass is 10.3. The molecule has 1 amide bonds. The number of nitrogens with one attached hydrogen (secondary N) is 1. The van der Waals surface area contributed by atoms with Gasteiger partial charge in [-0.3, -0.25) is 4.79 Å². The second-order valence-corrected chi connectivity index (χ2v) is 2.66. The first kappa shape index (κ1) is 9.53. The SMILES string of the molecule is O=C(S)Nc1ccc([N+](=O)O)cc1. The first-order valence-electron chi connectivity index (χ1n) is 3.36. The number of benzene rings is 1. The number of carbonyl (C=O) groups is 1. The minimum atomic E-state index is -0.490. The zero-order valence-corrected chi connectivity index (χ0v) is 7.36. The van der Waals surface area contributed by atoms with Gasteiger partial charge in [-0.1, -0.05) is 12.6 Å². The topological polar surface area (TPSA) is 69.4 Å². The average Bonchev–Trinajstić information content (AvgIpc) is 2.04. The van der Waals surface area contributed by atoms with Crippen LogP contribution in [0.1, 0.15) is 0 Å². The monoisotopic (exact) mass is 199 g/mol. The van der Waals surface area contributed by atoms with Crippen LogP contribution in [-0.4, -0.2) is 15.4 Å². The van der Waals surface area contributed by atoms with E-state index in [1.54, 1.807) is 0 Å². The van der Waals surface area contributed by atoms with Crippen LogP contribution in [0.2, 0.25) is 0 Å². The molecule has 0 atom stereocenters. The number of rotatable bonds is 2. The largest absolute Gasteiger partial charge is 0.317 e. The molecule has 1 rings (SSSR count). The predicted molar refractivity (Wildman–Crippen MR) is 49.5 cm³/mol. The van der Waals surface area contributed by atoms with Crippen molar-refractivity contribution in [2.24, 2.45) is 0 Å². The Morgan fingerprint density at radius 3 is 2.31 bits per heavy atom. The van der Waals surface area contributed by atoms with Crippen LogP contribution in [-0.2, 0) is 0 Å². The second-order valence-electron chi connectivity index (χ2n) is 2.25. The summed E-state index contributed by atoms with van der Waals surface area (Å²) in [6.07, 6.45) is 0. The molecule has 13 heavy (non-hydrogen) atoms. The van der Waals surface area contributed by atoms with Crippen molar-refractivity contribution in [3.05, 3.63) is 29.2 Å². The van der Waals surface area contributed by atoms with Gasteiger partial charge in [-0.05, 0) is 12.1 Å². The van der Waals surface area contributed by atoms with Crippen LogP contribution in [0.3, 0.4) is 0 Å². The zero-order chi connectivity index (χ0) is 9.84. The standard InChI is InChI=1S/C7H6N2O3S/c10-7(13)8-5-1-3-6(4-2-5)9(11)12/h1-4H,(H2-,8,10,11,12,13)/p+1. The molecular weight excluding hydrogens is 192 g/mol. The molecule has 6 heteroatoms. The van der Waals surface area contributed by atoms with Gasteiger partial charge in [-0.2, -0.15) is 0 Å². The van der Waals surface area contributed by atoms with Gasteiger partial charge in [0.2, 0.25) is 0 Å². The number of hydrogen-bond donors (Lipinski definition) is 3. The Hall–Kier alpha value is -1.56. The number of amides is 1. The molecule has 1 aromatic carbocycles. The van der Waals surface area contributed by atoms with E-state index < -0.39 is 5.24 Å². The molecule has 5 nitrogen and oxygen atoms in total. The Morgan fingerprint density at radius 1 is 1.38 bits per heavy atom. The molecule has 0 unspecified atom stereocenters. The maximum absolute atomic E-state index is 10.5. The molecule has 0 saturated heterocycles. The summed E-state index contributed by atoms with van der Waals surface area (Å²) >= 11 is 3.50. The highest BCUT2D eigenvalue weighted by Gasteiger charge is 2.09. The van der Waals surface area contributed by atoms with Crippen molar-refractivity contribution in [1.29, 1.82) is 0 Å². The third-order valence-corrected chi connectivity index (χ3v) is 1.45. The summed E-state index contributed by atoms with van der Waals surface area (Å²) in [6, 6.07) is 5.69. The third kappa shape index (κ3) is 2.75. The van der Waals surface area contributed by atoms with Crippen molar-refractivity contribution >= 4 is 29.2 Å². The molecule has 0 aromatic heterocycles. The van der Waals surface area contributed by atoms with Gasteiger partial charge in [0.05, 0.1) is 4.91 Å². The number of thiol groups is 1. The molecule has 0 fully saturated rings. The van der Waals surface area contributed by atoms with E-state index in [9.17, 15) is 9.70 Å². The van der Waals surface area contributed by atoms with Crippen molar-refractivity contribution < 1.29 is 14.9 Å². The first-order valence-corrected chi connectivity index (χ1v) is 3.80. The van der Waals surface area contributed by atoms with E-state index in [-0.39, 0.29) is 10.6 Å². The van der Waals surface area contributed by atoms with E-state index in [0.717, 1.165) is 0 Å². The molecule has 0 spiro atoms. The van der Waals surface area contributed by atoms with Crippen LogP contribution in [0.15, 0.2) is 24.3 Å². The van der Waals surface area contributed by atoms with Crippen LogP contribution in [0.25, 0.3) is 0 Å². The molecule has 0 aliphatic rings. The quantitative estimate of drug-likeness (QED) is 0.503. The molecule has 0 radical (unpaired) electrons. The summed E-state index contributed by atoms with van der Waals surface area (Å²) in [6.45, 7) is 0. The minimum Gasteiger partial charge on any atom is -0.317 e. The van der Waals surface area contributed by atoms with Crippen LogP contribution in [0, 0.1) is 4.91 Å². The van der Waals surface area contributed by atoms with E-state index >= 15 is 0 Å². The predicted octanol–water partition coefficient (Wildman–Crippen LogP) is 1.95. The molecule has 1 aromatic rings. The van der Waals surface area contributed by atoms with Crippen LogP contribution >= 0.6 is 12.6 Å². The van der Waals surface area contributed by atoms with Crippen LogP contribution in [0.5, 0.6) is 0 Å². The molecule has 0 aliphatic carbocycles. The van der Waals surface area contributed by atoms with Crippen molar-refractivity contribution in [3.63, 3.8) is 0 Å². The molecule has 0 saturated carbocycles. The maximum atomic E-state index is 10.5. The van der Waals surface area contributed by atoms with E-state index in [2.05, 4.69) is 17.9 Å². The summed E-state index contributed by atoms with van der Waals surface area (Å²) in [7, 11) is 0. The van der Waals surface area contributed by atoms with Crippen molar-refractivity contribution in [1.82, 2.24) is 0 Å². The Morgan fingerprint density at radius 2 is 1.92 bits per heavy atom. The highest BCUT2D eigenvalue weighted by molar-refractivity contribution is 7.96. The van der Waals surface area contributed by atoms with Gasteiger partial charge in [-0.25, -0.2) is 5.21 Å². The summed E-state index contributed by atoms with van der Waals surface area (Å²) in [5.41, 5.74) is 0.600. The summed E-state index contributed by atoms with van der Waals surface area (Å²) in [5.74, 6) is 0. The van der Waals surface area contributed by atoms with Crippen molar-refractivity contribution in [2.75, 3.05) is 5.32 Å². The van der Waals surface area contributed by atoms with Crippen LogP contribution in [0.4, 0.5) is 16.2 Å². The smallest absolute Gasteiger partial charge is 0.316 e. The maximum Gasteiger partial charge on any atom is 0.316 e. The minimum absolute atomic E-state index is 0.0946. The number of nitrogens with zero attached hydrogens (tertiary/aromatic N) is 1. The van der Waals surface area contributed by atoms with Gasteiger partial charge in [0.15, 0.2) is 0 Å². The summed E-state index contributed by atoms with van der Waals surface area (Å²) < 4.78 is 0. The molecule has 0 heterocycles. The van der Waals surface area contributed by atoms with Gasteiger partial charge >= 0.3 is 5.69 Å². The Kier molecular flexibility index (Phi) is 2.86. The number of hydrogen-bond acceptors (Lipinski definition) is 2. The lowest BCUT2D eigenvalue weighted by Gasteiger charge is -1.97. The Balaban J connectivity index is 2.81. The number of anilines is 1. The highest BCUT2D eigenvalue weighted by Crippen LogP contribution is 2.14. The normalized spacial score (nSPS) is 9.31. The summed E-state index contributed by atoms with van der Waals surface area (Å²) in [5, 5.41) is 10.4. The van der Waals surface area contributed by atoms with E-state index in [1.165, 1.54) is 24.3 Å². The second kappa shape index (κ2) is 3.90. The Labute approximate surface area is 79.3 Å². The fraction of sp³-hybridized carbons (Fsp3) is 0. The summed E-state index contributed by atoms with van der Waals surface area (Å²) in [4.78, 5) is 20.6. The molecule has 2 N–H and O–H groups in total. The zero-order valence-electron chi connectivity index (χ0n) is 6.47. The van der Waals surface area contributed by atoms with Gasteiger partial charge in [-0.15, -0.1) is 0 Å². The van der Waals surface area contributed by atoms with Gasteiger partial charge in [0.1, 0.15) is 0 Å². The highest BCUT2D eigenvalue weighted by atomic mass is 32.1. The molecule has 0 aliphatic heterocycles. The first-order chi connectivity index (χ1) is 6.09.